The number of hydrogen-bond donors (Lipinski definition) is 2. The van der Waals surface area contributed by atoms with E-state index in [-0.39, 0.29) is 6.42 Å². The van der Waals surface area contributed by atoms with Crippen LogP contribution in [0.15, 0.2) is 71.8 Å². The Morgan fingerprint density at radius 3 is 2.58 bits per heavy atom. The second kappa shape index (κ2) is 8.27. The maximum Gasteiger partial charge on any atom is 0.249 e. The Kier molecular flexibility index (Phi) is 5.61. The average Bonchev–Trinajstić information content (AvgIpc) is 2.62. The fraction of sp³-hybridized carbons (Fsp3) is 0.0500. The van der Waals surface area contributed by atoms with Gasteiger partial charge in [0, 0.05) is 16.3 Å². The van der Waals surface area contributed by atoms with Gasteiger partial charge in [0.2, 0.25) is 11.8 Å². The number of nitrogens with zero attached hydrogens (tertiary/aromatic N) is 1. The van der Waals surface area contributed by atoms with Crippen LogP contribution in [-0.2, 0) is 9.59 Å². The van der Waals surface area contributed by atoms with E-state index in [0.717, 1.165) is 16.3 Å². The summed E-state index contributed by atoms with van der Waals surface area (Å²) in [5.74, 6) is -0.939. The van der Waals surface area contributed by atoms with Crippen molar-refractivity contribution >= 4 is 46.1 Å². The Labute approximate surface area is 155 Å². The number of carbonyl (C=O) groups excluding carboxylic acids is 2. The molecule has 26 heavy (non-hydrogen) atoms. The lowest BCUT2D eigenvalue weighted by Crippen LogP contribution is -2.24. The molecule has 0 aromatic heterocycles. The normalized spacial score (nSPS) is 10.8. The lowest BCUT2D eigenvalue weighted by atomic mass is 10.1. The van der Waals surface area contributed by atoms with Gasteiger partial charge in [0.05, 0.1) is 6.21 Å². The van der Waals surface area contributed by atoms with Crippen LogP contribution in [0.25, 0.3) is 10.8 Å². The molecule has 2 amide bonds. The highest BCUT2D eigenvalue weighted by atomic mass is 35.5. The van der Waals surface area contributed by atoms with Crippen molar-refractivity contribution in [2.45, 2.75) is 6.42 Å². The van der Waals surface area contributed by atoms with Crippen molar-refractivity contribution in [1.29, 1.82) is 0 Å². The van der Waals surface area contributed by atoms with Crippen LogP contribution < -0.4 is 10.7 Å². The van der Waals surface area contributed by atoms with Gasteiger partial charge in [-0.15, -0.1) is 0 Å². The summed E-state index contributed by atoms with van der Waals surface area (Å²) in [5.41, 5.74) is 3.79. The zero-order valence-corrected chi connectivity index (χ0v) is 14.5. The number of amides is 2. The highest BCUT2D eigenvalue weighted by Gasteiger charge is 2.09. The van der Waals surface area contributed by atoms with E-state index in [9.17, 15) is 9.59 Å². The Morgan fingerprint density at radius 2 is 1.73 bits per heavy atom. The number of halogens is 1. The van der Waals surface area contributed by atoms with Crippen molar-refractivity contribution in [2.24, 2.45) is 5.10 Å². The molecule has 130 valence electrons. The minimum Gasteiger partial charge on any atom is -0.326 e. The molecule has 0 atom stereocenters. The van der Waals surface area contributed by atoms with Crippen molar-refractivity contribution < 1.29 is 9.59 Å². The number of anilines is 1. The van der Waals surface area contributed by atoms with E-state index in [4.69, 9.17) is 11.6 Å². The first-order valence-corrected chi connectivity index (χ1v) is 8.35. The average molecular weight is 366 g/mol. The molecule has 0 spiro atoms. The van der Waals surface area contributed by atoms with E-state index in [1.165, 1.54) is 0 Å². The second-order valence-corrected chi connectivity index (χ2v) is 6.03. The maximum atomic E-state index is 11.9. The topological polar surface area (TPSA) is 70.6 Å². The zero-order valence-electron chi connectivity index (χ0n) is 13.8. The molecule has 0 aliphatic heterocycles. The summed E-state index contributed by atoms with van der Waals surface area (Å²) in [6.45, 7) is 0. The van der Waals surface area contributed by atoms with Gasteiger partial charge in [-0.3, -0.25) is 9.59 Å². The maximum absolute atomic E-state index is 11.9. The van der Waals surface area contributed by atoms with Crippen LogP contribution in [0, 0.1) is 0 Å². The molecule has 0 aliphatic rings. The third-order valence-corrected chi connectivity index (χ3v) is 3.88. The summed E-state index contributed by atoms with van der Waals surface area (Å²) in [6.07, 6.45) is 1.23. The summed E-state index contributed by atoms with van der Waals surface area (Å²) >= 11 is 5.85. The van der Waals surface area contributed by atoms with Gasteiger partial charge in [-0.2, -0.15) is 5.10 Å². The largest absolute Gasteiger partial charge is 0.326 e. The lowest BCUT2D eigenvalue weighted by molar-refractivity contribution is -0.126. The third-order valence-electron chi connectivity index (χ3n) is 3.65. The monoisotopic (exact) mass is 365 g/mol. The molecule has 3 aromatic rings. The van der Waals surface area contributed by atoms with Crippen LogP contribution in [0.5, 0.6) is 0 Å². The SMILES string of the molecule is O=C(CC(=O)Nc1cccc(Cl)c1)N/N=C\c1cccc2ccccc12. The minimum atomic E-state index is -0.499. The first kappa shape index (κ1) is 17.6. The van der Waals surface area contributed by atoms with Gasteiger partial charge >= 0.3 is 0 Å². The van der Waals surface area contributed by atoms with Gasteiger partial charge in [-0.05, 0) is 29.0 Å². The van der Waals surface area contributed by atoms with E-state index in [2.05, 4.69) is 15.8 Å². The molecule has 2 N–H and O–H groups in total. The fourth-order valence-electron chi connectivity index (χ4n) is 2.49. The Hall–Kier alpha value is -3.18. The number of rotatable bonds is 5. The van der Waals surface area contributed by atoms with Gasteiger partial charge in [0.25, 0.3) is 0 Å². The minimum absolute atomic E-state index is 0.334. The van der Waals surface area contributed by atoms with Crippen molar-refractivity contribution in [3.05, 3.63) is 77.3 Å². The summed E-state index contributed by atoms with van der Waals surface area (Å²) in [6, 6.07) is 20.4. The molecule has 5 nitrogen and oxygen atoms in total. The van der Waals surface area contributed by atoms with E-state index in [1.807, 2.05) is 42.5 Å². The van der Waals surface area contributed by atoms with Gasteiger partial charge in [0.1, 0.15) is 6.42 Å². The number of carbonyl (C=O) groups is 2. The lowest BCUT2D eigenvalue weighted by Gasteiger charge is -2.05. The molecule has 3 rings (SSSR count). The van der Waals surface area contributed by atoms with Crippen LogP contribution in [0.4, 0.5) is 5.69 Å². The van der Waals surface area contributed by atoms with E-state index in [1.54, 1.807) is 30.5 Å². The molecule has 3 aromatic carbocycles. The van der Waals surface area contributed by atoms with Crippen molar-refractivity contribution in [3.8, 4) is 0 Å². The second-order valence-electron chi connectivity index (χ2n) is 5.60. The van der Waals surface area contributed by atoms with Gasteiger partial charge in [-0.1, -0.05) is 60.1 Å². The van der Waals surface area contributed by atoms with Gasteiger partial charge in [0.15, 0.2) is 0 Å². The Balaban J connectivity index is 1.56. The highest BCUT2D eigenvalue weighted by Crippen LogP contribution is 2.17. The molecule has 0 bridgehead atoms. The molecule has 0 unspecified atom stereocenters. The van der Waals surface area contributed by atoms with Gasteiger partial charge in [-0.25, -0.2) is 5.43 Å². The quantitative estimate of drug-likeness (QED) is 0.408. The van der Waals surface area contributed by atoms with Crippen LogP contribution >= 0.6 is 11.6 Å². The smallest absolute Gasteiger partial charge is 0.249 e. The summed E-state index contributed by atoms with van der Waals surface area (Å²) in [5, 5.41) is 9.18. The fourth-order valence-corrected chi connectivity index (χ4v) is 2.68. The molecule has 0 aliphatic carbocycles. The van der Waals surface area contributed by atoms with Crippen LogP contribution in [-0.4, -0.2) is 18.0 Å². The van der Waals surface area contributed by atoms with Crippen molar-refractivity contribution in [2.75, 3.05) is 5.32 Å². The molecular weight excluding hydrogens is 350 g/mol. The number of benzene rings is 3. The van der Waals surface area contributed by atoms with E-state index in [0.29, 0.717) is 10.7 Å². The molecule has 0 radical (unpaired) electrons. The zero-order chi connectivity index (χ0) is 18.4. The molecule has 0 saturated carbocycles. The molecule has 0 saturated heterocycles. The predicted octanol–water partition coefficient (Wildman–Crippen LogP) is 3.97. The predicted molar refractivity (Wildman–Crippen MR) is 104 cm³/mol. The Morgan fingerprint density at radius 1 is 0.962 bits per heavy atom. The Bertz CT molecular complexity index is 980. The highest BCUT2D eigenvalue weighted by molar-refractivity contribution is 6.30. The third kappa shape index (κ3) is 4.68. The van der Waals surface area contributed by atoms with Crippen LogP contribution in [0.1, 0.15) is 12.0 Å². The molecule has 0 fully saturated rings. The summed E-state index contributed by atoms with van der Waals surface area (Å²) in [4.78, 5) is 23.7. The number of hydrogen-bond acceptors (Lipinski definition) is 3. The number of hydrazone groups is 1. The van der Waals surface area contributed by atoms with E-state index < -0.39 is 11.8 Å². The van der Waals surface area contributed by atoms with Crippen LogP contribution in [0.2, 0.25) is 5.02 Å². The van der Waals surface area contributed by atoms with Crippen molar-refractivity contribution in [1.82, 2.24) is 5.43 Å². The summed E-state index contributed by atoms with van der Waals surface area (Å²) < 4.78 is 0. The van der Waals surface area contributed by atoms with Gasteiger partial charge < -0.3 is 5.32 Å². The standard InChI is InChI=1S/C20H16ClN3O2/c21-16-8-4-9-17(11-16)23-19(25)12-20(26)24-22-13-15-7-3-6-14-5-1-2-10-18(14)15/h1-11,13H,12H2,(H,23,25)(H,24,26)/b22-13-. The first-order valence-electron chi connectivity index (χ1n) is 7.97. The first-order chi connectivity index (χ1) is 12.6. The molecule has 6 heteroatoms. The molecular formula is C20H16ClN3O2. The number of nitrogens with one attached hydrogen (secondary N) is 2. The summed E-state index contributed by atoms with van der Waals surface area (Å²) in [7, 11) is 0. The van der Waals surface area contributed by atoms with Crippen LogP contribution in [0.3, 0.4) is 0 Å². The molecule has 0 heterocycles. The van der Waals surface area contributed by atoms with Crippen molar-refractivity contribution in [3.63, 3.8) is 0 Å². The number of fused-ring (bicyclic) bond motifs is 1. The van der Waals surface area contributed by atoms with E-state index >= 15 is 0 Å².